The third-order valence-corrected chi connectivity index (χ3v) is 3.23. The first-order valence-corrected chi connectivity index (χ1v) is 6.87. The second kappa shape index (κ2) is 7.27. The summed E-state index contributed by atoms with van der Waals surface area (Å²) in [6.07, 6.45) is 0.728. The number of likely N-dealkylation sites (N-methyl/N-ethyl adjacent to an activating group) is 1. The lowest BCUT2D eigenvalue weighted by molar-refractivity contribution is 0.290. The van der Waals surface area contributed by atoms with Crippen molar-refractivity contribution in [3.05, 3.63) is 64.4 Å². The molecule has 0 unspecified atom stereocenters. The molecule has 106 valence electrons. The molecule has 0 spiro atoms. The standard InChI is InChI=1S/C16H17ClFNO/c1-19-8-7-13-9-14(17)16(15(18)10-13)20-11-12-5-3-2-4-6-12/h2-6,9-10,19H,7-8,11H2,1H3. The van der Waals surface area contributed by atoms with Crippen molar-refractivity contribution in [2.75, 3.05) is 13.6 Å². The fraction of sp³-hybridized carbons (Fsp3) is 0.250. The number of hydrogen-bond acceptors (Lipinski definition) is 2. The average Bonchev–Trinajstić information content (AvgIpc) is 2.45. The van der Waals surface area contributed by atoms with Crippen LogP contribution >= 0.6 is 11.6 Å². The van der Waals surface area contributed by atoms with Crippen molar-refractivity contribution in [2.24, 2.45) is 0 Å². The van der Waals surface area contributed by atoms with Gasteiger partial charge in [-0.2, -0.15) is 0 Å². The van der Waals surface area contributed by atoms with Crippen molar-refractivity contribution >= 4 is 11.6 Å². The topological polar surface area (TPSA) is 21.3 Å². The summed E-state index contributed by atoms with van der Waals surface area (Å²) < 4.78 is 19.5. The third-order valence-electron chi connectivity index (χ3n) is 2.95. The van der Waals surface area contributed by atoms with E-state index >= 15 is 0 Å². The van der Waals surface area contributed by atoms with E-state index in [-0.39, 0.29) is 5.75 Å². The van der Waals surface area contributed by atoms with Crippen molar-refractivity contribution < 1.29 is 9.13 Å². The number of nitrogens with one attached hydrogen (secondary N) is 1. The summed E-state index contributed by atoms with van der Waals surface area (Å²) in [5, 5.41) is 3.33. The maximum Gasteiger partial charge on any atom is 0.174 e. The summed E-state index contributed by atoms with van der Waals surface area (Å²) in [6, 6.07) is 12.8. The lowest BCUT2D eigenvalue weighted by Crippen LogP contribution is -2.10. The Morgan fingerprint density at radius 3 is 2.55 bits per heavy atom. The van der Waals surface area contributed by atoms with Crippen LogP contribution in [-0.2, 0) is 13.0 Å². The fourth-order valence-corrected chi connectivity index (χ4v) is 2.18. The summed E-state index contributed by atoms with van der Waals surface area (Å²) >= 11 is 6.09. The minimum Gasteiger partial charge on any atom is -0.484 e. The Balaban J connectivity index is 2.08. The second-order valence-corrected chi connectivity index (χ2v) is 4.92. The predicted octanol–water partition coefficient (Wildman–Crippen LogP) is 3.82. The molecule has 0 heterocycles. The molecule has 2 nitrogen and oxygen atoms in total. The summed E-state index contributed by atoms with van der Waals surface area (Å²) in [7, 11) is 1.86. The molecular weight excluding hydrogens is 277 g/mol. The third kappa shape index (κ3) is 3.95. The minimum absolute atomic E-state index is 0.115. The number of halogens is 2. The van der Waals surface area contributed by atoms with E-state index in [2.05, 4.69) is 5.32 Å². The molecule has 0 fully saturated rings. The molecule has 0 amide bonds. The first-order chi connectivity index (χ1) is 9.70. The lowest BCUT2D eigenvalue weighted by Gasteiger charge is -2.11. The highest BCUT2D eigenvalue weighted by molar-refractivity contribution is 6.32. The zero-order valence-corrected chi connectivity index (χ0v) is 12.1. The van der Waals surface area contributed by atoms with Crippen LogP contribution in [0, 0.1) is 5.82 Å². The maximum atomic E-state index is 14.0. The summed E-state index contributed by atoms with van der Waals surface area (Å²) in [5.74, 6) is -0.303. The van der Waals surface area contributed by atoms with Gasteiger partial charge in [0.2, 0.25) is 0 Å². The van der Waals surface area contributed by atoms with Crippen LogP contribution in [0.25, 0.3) is 0 Å². The molecule has 4 heteroatoms. The molecule has 2 aromatic carbocycles. The monoisotopic (exact) mass is 293 g/mol. The molecule has 20 heavy (non-hydrogen) atoms. The van der Waals surface area contributed by atoms with E-state index < -0.39 is 5.82 Å². The van der Waals surface area contributed by atoms with Gasteiger partial charge in [-0.1, -0.05) is 41.9 Å². The Labute approximate surface area is 123 Å². The molecule has 0 radical (unpaired) electrons. The molecule has 0 saturated heterocycles. The molecule has 1 N–H and O–H groups in total. The zero-order chi connectivity index (χ0) is 14.4. The van der Waals surface area contributed by atoms with Gasteiger partial charge in [0.25, 0.3) is 0 Å². The maximum absolute atomic E-state index is 14.0. The van der Waals surface area contributed by atoms with Gasteiger partial charge in [0, 0.05) is 0 Å². The van der Waals surface area contributed by atoms with Crippen LogP contribution in [0.15, 0.2) is 42.5 Å². The average molecular weight is 294 g/mol. The number of benzene rings is 2. The highest BCUT2D eigenvalue weighted by Crippen LogP contribution is 2.30. The Kier molecular flexibility index (Phi) is 5.39. The molecule has 0 atom stereocenters. The largest absolute Gasteiger partial charge is 0.484 e. The van der Waals surface area contributed by atoms with Gasteiger partial charge >= 0.3 is 0 Å². The second-order valence-electron chi connectivity index (χ2n) is 4.52. The number of ether oxygens (including phenoxy) is 1. The van der Waals surface area contributed by atoms with Gasteiger partial charge in [0.1, 0.15) is 6.61 Å². The van der Waals surface area contributed by atoms with Crippen LogP contribution in [-0.4, -0.2) is 13.6 Å². The predicted molar refractivity (Wildman–Crippen MR) is 79.8 cm³/mol. The van der Waals surface area contributed by atoms with Gasteiger partial charge in [-0.25, -0.2) is 4.39 Å². The van der Waals surface area contributed by atoms with E-state index in [0.29, 0.717) is 11.6 Å². The first-order valence-electron chi connectivity index (χ1n) is 6.50. The zero-order valence-electron chi connectivity index (χ0n) is 11.3. The van der Waals surface area contributed by atoms with Crippen molar-refractivity contribution in [1.29, 1.82) is 0 Å². The van der Waals surface area contributed by atoms with Gasteiger partial charge in [0.15, 0.2) is 11.6 Å². The van der Waals surface area contributed by atoms with Crippen LogP contribution in [0.5, 0.6) is 5.75 Å². The van der Waals surface area contributed by atoms with Gasteiger partial charge in [-0.15, -0.1) is 0 Å². The smallest absolute Gasteiger partial charge is 0.174 e. The highest BCUT2D eigenvalue weighted by Gasteiger charge is 2.11. The van der Waals surface area contributed by atoms with Crippen molar-refractivity contribution in [2.45, 2.75) is 13.0 Å². The van der Waals surface area contributed by atoms with Crippen molar-refractivity contribution in [1.82, 2.24) is 5.32 Å². The molecule has 0 bridgehead atoms. The van der Waals surface area contributed by atoms with E-state index in [9.17, 15) is 4.39 Å². The van der Waals surface area contributed by atoms with Gasteiger partial charge in [0.05, 0.1) is 5.02 Å². The normalized spacial score (nSPS) is 10.6. The Bertz CT molecular complexity index is 537. The molecule has 0 aliphatic carbocycles. The molecule has 2 rings (SSSR count). The number of rotatable bonds is 6. The number of hydrogen-bond donors (Lipinski definition) is 1. The van der Waals surface area contributed by atoms with Gasteiger partial charge in [-0.05, 0) is 43.3 Å². The lowest BCUT2D eigenvalue weighted by atomic mass is 10.1. The van der Waals surface area contributed by atoms with Crippen LogP contribution < -0.4 is 10.1 Å². The van der Waals surface area contributed by atoms with Crippen molar-refractivity contribution in [3.63, 3.8) is 0 Å². The van der Waals surface area contributed by atoms with E-state index in [0.717, 1.165) is 24.1 Å². The summed E-state index contributed by atoms with van der Waals surface area (Å²) in [4.78, 5) is 0. The van der Waals surface area contributed by atoms with Gasteiger partial charge in [-0.3, -0.25) is 0 Å². The summed E-state index contributed by atoms with van der Waals surface area (Å²) in [5.41, 5.74) is 1.83. The molecule has 0 aromatic heterocycles. The molecule has 0 aliphatic rings. The molecule has 0 aliphatic heterocycles. The Morgan fingerprint density at radius 1 is 1.15 bits per heavy atom. The Morgan fingerprint density at radius 2 is 1.90 bits per heavy atom. The van der Waals surface area contributed by atoms with Crippen LogP contribution in [0.2, 0.25) is 5.02 Å². The van der Waals surface area contributed by atoms with Crippen LogP contribution in [0.1, 0.15) is 11.1 Å². The molecule has 2 aromatic rings. The fourth-order valence-electron chi connectivity index (χ4n) is 1.89. The SMILES string of the molecule is CNCCc1cc(F)c(OCc2ccccc2)c(Cl)c1. The van der Waals surface area contributed by atoms with Crippen LogP contribution in [0.3, 0.4) is 0 Å². The summed E-state index contributed by atoms with van der Waals surface area (Å²) in [6.45, 7) is 1.08. The minimum atomic E-state index is -0.417. The highest BCUT2D eigenvalue weighted by atomic mass is 35.5. The van der Waals surface area contributed by atoms with Crippen molar-refractivity contribution in [3.8, 4) is 5.75 Å². The van der Waals surface area contributed by atoms with Gasteiger partial charge < -0.3 is 10.1 Å². The first kappa shape index (κ1) is 14.8. The van der Waals surface area contributed by atoms with Crippen LogP contribution in [0.4, 0.5) is 4.39 Å². The molecule has 0 saturated carbocycles. The quantitative estimate of drug-likeness (QED) is 0.874. The van der Waals surface area contributed by atoms with E-state index in [1.807, 2.05) is 37.4 Å². The Hall–Kier alpha value is -1.58. The van der Waals surface area contributed by atoms with E-state index in [4.69, 9.17) is 16.3 Å². The van der Waals surface area contributed by atoms with E-state index in [1.54, 1.807) is 6.07 Å². The molecular formula is C16H17ClFNO. The van der Waals surface area contributed by atoms with E-state index in [1.165, 1.54) is 6.07 Å².